The second kappa shape index (κ2) is 8.46. The molecule has 0 saturated heterocycles. The zero-order chi connectivity index (χ0) is 18.4. The van der Waals surface area contributed by atoms with Gasteiger partial charge in [0.15, 0.2) is 0 Å². The first-order chi connectivity index (χ1) is 12.6. The maximum absolute atomic E-state index is 11.9. The number of hydrogen-bond acceptors (Lipinski definition) is 5. The number of nitrogens with zero attached hydrogens (tertiary/aromatic N) is 3. The number of hydrogen-bond donors (Lipinski definition) is 3. The first-order valence-corrected chi connectivity index (χ1v) is 8.87. The number of carbonyl (C=O) groups excluding carboxylic acids is 1. The number of anilines is 1. The van der Waals surface area contributed by atoms with Gasteiger partial charge in [-0.1, -0.05) is 6.07 Å². The molecule has 0 aromatic carbocycles. The normalized spacial score (nSPS) is 12.9. The van der Waals surface area contributed by atoms with Crippen LogP contribution in [-0.4, -0.2) is 44.8 Å². The molecule has 8 heteroatoms. The molecule has 3 heterocycles. The minimum absolute atomic E-state index is 0.0947. The lowest BCUT2D eigenvalue weighted by Crippen LogP contribution is -2.25. The Labute approximate surface area is 151 Å². The molecular weight excluding hydrogens is 334 g/mol. The highest BCUT2D eigenvalue weighted by molar-refractivity contribution is 5.93. The predicted octanol–water partition coefficient (Wildman–Crippen LogP) is 1.47. The predicted molar refractivity (Wildman–Crippen MR) is 96.2 cm³/mol. The summed E-state index contributed by atoms with van der Waals surface area (Å²) in [6, 6.07) is 4.23. The molecule has 1 amide bonds. The van der Waals surface area contributed by atoms with Crippen LogP contribution in [0.2, 0.25) is 0 Å². The summed E-state index contributed by atoms with van der Waals surface area (Å²) in [7, 11) is 0. The van der Waals surface area contributed by atoms with Gasteiger partial charge in [0.2, 0.25) is 0 Å². The molecule has 2 aromatic heterocycles. The van der Waals surface area contributed by atoms with Crippen LogP contribution < -0.4 is 10.6 Å². The second-order valence-corrected chi connectivity index (χ2v) is 6.34. The highest BCUT2D eigenvalue weighted by atomic mass is 16.4. The van der Waals surface area contributed by atoms with E-state index < -0.39 is 5.97 Å². The third-order valence-electron chi connectivity index (χ3n) is 4.29. The van der Waals surface area contributed by atoms with Crippen LogP contribution in [0.15, 0.2) is 24.5 Å². The van der Waals surface area contributed by atoms with E-state index >= 15 is 0 Å². The van der Waals surface area contributed by atoms with Crippen LogP contribution in [0.25, 0.3) is 0 Å². The minimum Gasteiger partial charge on any atom is -0.481 e. The number of aryl methyl sites for hydroxylation is 3. The largest absolute Gasteiger partial charge is 0.481 e. The maximum atomic E-state index is 11.9. The molecule has 0 bridgehead atoms. The van der Waals surface area contributed by atoms with Crippen LogP contribution in [0.3, 0.4) is 0 Å². The van der Waals surface area contributed by atoms with Gasteiger partial charge in [0.25, 0.3) is 5.91 Å². The Bertz CT molecular complexity index is 787. The van der Waals surface area contributed by atoms with Gasteiger partial charge in [0, 0.05) is 31.5 Å². The zero-order valence-corrected chi connectivity index (χ0v) is 14.6. The minimum atomic E-state index is -0.938. The van der Waals surface area contributed by atoms with Gasteiger partial charge in [0.05, 0.1) is 18.2 Å². The van der Waals surface area contributed by atoms with Gasteiger partial charge in [-0.2, -0.15) is 5.10 Å². The number of fused-ring (bicyclic) bond motifs is 1. The van der Waals surface area contributed by atoms with Gasteiger partial charge in [0.1, 0.15) is 5.82 Å². The lowest BCUT2D eigenvalue weighted by Gasteiger charge is -2.17. The monoisotopic (exact) mass is 357 g/mol. The van der Waals surface area contributed by atoms with Crippen molar-refractivity contribution in [3.63, 3.8) is 0 Å². The fourth-order valence-electron chi connectivity index (χ4n) is 2.92. The van der Waals surface area contributed by atoms with E-state index in [2.05, 4.69) is 32.8 Å². The fraction of sp³-hybridized carbons (Fsp3) is 0.444. The Hall–Kier alpha value is -2.90. The fourth-order valence-corrected chi connectivity index (χ4v) is 2.92. The number of aromatic nitrogens is 3. The number of amides is 1. The number of nitrogens with one attached hydrogen (secondary N) is 2. The van der Waals surface area contributed by atoms with Crippen LogP contribution in [0.4, 0.5) is 5.82 Å². The third-order valence-corrected chi connectivity index (χ3v) is 4.29. The molecule has 26 heavy (non-hydrogen) atoms. The van der Waals surface area contributed by atoms with Crippen molar-refractivity contribution in [3.8, 4) is 0 Å². The zero-order valence-electron chi connectivity index (χ0n) is 14.6. The number of carboxylic acids is 1. The van der Waals surface area contributed by atoms with Crippen LogP contribution in [0, 0.1) is 0 Å². The first kappa shape index (κ1) is 17.9. The Morgan fingerprint density at radius 2 is 2.23 bits per heavy atom. The first-order valence-electron chi connectivity index (χ1n) is 8.87. The quantitative estimate of drug-likeness (QED) is 0.660. The molecule has 0 spiro atoms. The van der Waals surface area contributed by atoms with Gasteiger partial charge in [-0.05, 0) is 37.3 Å². The Morgan fingerprint density at radius 1 is 1.35 bits per heavy atom. The molecule has 0 fully saturated rings. The number of pyridine rings is 1. The van der Waals surface area contributed by atoms with Crippen molar-refractivity contribution in [1.29, 1.82) is 0 Å². The lowest BCUT2D eigenvalue weighted by atomic mass is 10.1. The van der Waals surface area contributed by atoms with Gasteiger partial charge in [-0.25, -0.2) is 4.98 Å². The molecular formula is C18H23N5O3. The molecule has 1 aliphatic rings. The number of aliphatic carboxylic acids is 1. The van der Waals surface area contributed by atoms with E-state index in [9.17, 15) is 9.59 Å². The number of rotatable bonds is 8. The molecule has 0 radical (unpaired) electrons. The van der Waals surface area contributed by atoms with E-state index in [-0.39, 0.29) is 18.9 Å². The highest BCUT2D eigenvalue weighted by Crippen LogP contribution is 2.20. The summed E-state index contributed by atoms with van der Waals surface area (Å²) in [5.41, 5.74) is 2.77. The summed E-state index contributed by atoms with van der Waals surface area (Å²) in [6.45, 7) is 1.78. The van der Waals surface area contributed by atoms with Gasteiger partial charge in [-0.15, -0.1) is 0 Å². The molecule has 0 saturated carbocycles. The van der Waals surface area contributed by atoms with E-state index in [1.165, 1.54) is 11.8 Å². The van der Waals surface area contributed by atoms with Crippen molar-refractivity contribution in [1.82, 2.24) is 20.1 Å². The van der Waals surface area contributed by atoms with Crippen molar-refractivity contribution in [2.45, 2.75) is 38.6 Å². The molecule has 3 rings (SSSR count). The van der Waals surface area contributed by atoms with Crippen molar-refractivity contribution >= 4 is 17.7 Å². The molecule has 0 aliphatic carbocycles. The van der Waals surface area contributed by atoms with Crippen LogP contribution in [0.5, 0.6) is 0 Å². The van der Waals surface area contributed by atoms with E-state index in [0.29, 0.717) is 12.1 Å². The number of carboxylic acid groups (broad SMARTS) is 1. The molecule has 8 nitrogen and oxygen atoms in total. The van der Waals surface area contributed by atoms with Crippen molar-refractivity contribution in [2.75, 3.05) is 18.4 Å². The standard InChI is InChI=1S/C18H23N5O3/c24-16(25)7-9-20-18(26)14-11-21-23(12-14)10-2-4-15-6-5-13-3-1-8-19-17(13)22-15/h5-6,11-12H,1-4,7-10H2,(H,19,22)(H,20,26)(H,24,25). The summed E-state index contributed by atoms with van der Waals surface area (Å²) >= 11 is 0. The van der Waals surface area contributed by atoms with Crippen LogP contribution >= 0.6 is 0 Å². The average Bonchev–Trinajstić information content (AvgIpc) is 3.10. The molecule has 0 atom stereocenters. The summed E-state index contributed by atoms with van der Waals surface area (Å²) in [5.74, 6) is -0.236. The lowest BCUT2D eigenvalue weighted by molar-refractivity contribution is -0.136. The smallest absolute Gasteiger partial charge is 0.305 e. The summed E-state index contributed by atoms with van der Waals surface area (Å²) in [4.78, 5) is 27.0. The van der Waals surface area contributed by atoms with Crippen LogP contribution in [0.1, 0.15) is 40.9 Å². The van der Waals surface area contributed by atoms with E-state index in [4.69, 9.17) is 5.11 Å². The van der Waals surface area contributed by atoms with E-state index in [1.54, 1.807) is 10.9 Å². The van der Waals surface area contributed by atoms with Gasteiger partial charge >= 0.3 is 5.97 Å². The maximum Gasteiger partial charge on any atom is 0.305 e. The Balaban J connectivity index is 1.46. The number of carbonyl (C=O) groups is 2. The second-order valence-electron chi connectivity index (χ2n) is 6.34. The van der Waals surface area contributed by atoms with Crippen molar-refractivity contribution in [3.05, 3.63) is 41.3 Å². The Kier molecular flexibility index (Phi) is 5.83. The van der Waals surface area contributed by atoms with Gasteiger partial charge in [-0.3, -0.25) is 14.3 Å². The summed E-state index contributed by atoms with van der Waals surface area (Å²) in [6.07, 6.45) is 7.03. The molecule has 3 N–H and O–H groups in total. The van der Waals surface area contributed by atoms with Crippen molar-refractivity contribution < 1.29 is 14.7 Å². The highest BCUT2D eigenvalue weighted by Gasteiger charge is 2.11. The molecule has 2 aromatic rings. The summed E-state index contributed by atoms with van der Waals surface area (Å²) < 4.78 is 1.72. The third kappa shape index (κ3) is 4.81. The average molecular weight is 357 g/mol. The summed E-state index contributed by atoms with van der Waals surface area (Å²) in [5, 5.41) is 18.7. The van der Waals surface area contributed by atoms with E-state index in [0.717, 1.165) is 43.7 Å². The molecule has 138 valence electrons. The molecule has 1 aliphatic heterocycles. The van der Waals surface area contributed by atoms with Crippen molar-refractivity contribution in [2.24, 2.45) is 0 Å². The molecule has 0 unspecified atom stereocenters. The Morgan fingerprint density at radius 3 is 3.08 bits per heavy atom. The van der Waals surface area contributed by atoms with Crippen LogP contribution in [-0.2, 0) is 24.2 Å². The topological polar surface area (TPSA) is 109 Å². The van der Waals surface area contributed by atoms with E-state index in [1.807, 2.05) is 0 Å². The SMILES string of the molecule is O=C(O)CCNC(=O)c1cnn(CCCc2ccc3c(n2)NCCC3)c1. The van der Waals surface area contributed by atoms with Gasteiger partial charge < -0.3 is 15.7 Å².